The van der Waals surface area contributed by atoms with E-state index in [1.165, 1.54) is 6.92 Å². The molecule has 1 aliphatic rings. The summed E-state index contributed by atoms with van der Waals surface area (Å²) in [7, 11) is 0. The molecule has 0 bridgehead atoms. The van der Waals surface area contributed by atoms with Crippen LogP contribution >= 0.6 is 0 Å². The maximum atomic E-state index is 13.1. The second-order valence-electron chi connectivity index (χ2n) is 7.82. The van der Waals surface area contributed by atoms with Gasteiger partial charge in [-0.15, -0.1) is 0 Å². The molecule has 0 saturated heterocycles. The van der Waals surface area contributed by atoms with Crippen LogP contribution in [0.4, 0.5) is 13.2 Å². The lowest BCUT2D eigenvalue weighted by molar-refractivity contribution is -0.141. The highest BCUT2D eigenvalue weighted by atomic mass is 19.4. The van der Waals surface area contributed by atoms with Crippen molar-refractivity contribution >= 4 is 16.8 Å². The molecular formula is C21H22F3N5O2. The summed E-state index contributed by atoms with van der Waals surface area (Å²) >= 11 is 0. The van der Waals surface area contributed by atoms with Crippen molar-refractivity contribution in [1.29, 1.82) is 0 Å². The first-order valence-corrected chi connectivity index (χ1v) is 10.2. The van der Waals surface area contributed by atoms with Gasteiger partial charge in [0, 0.05) is 11.6 Å². The van der Waals surface area contributed by atoms with E-state index < -0.39 is 29.9 Å². The molecule has 31 heavy (non-hydrogen) atoms. The van der Waals surface area contributed by atoms with Crippen molar-refractivity contribution in [3.63, 3.8) is 0 Å². The van der Waals surface area contributed by atoms with Crippen molar-refractivity contribution in [2.75, 3.05) is 5.43 Å². The summed E-state index contributed by atoms with van der Waals surface area (Å²) in [6.07, 6.45) is 0.240. The fourth-order valence-electron chi connectivity index (χ4n) is 4.00. The SMILES string of the molecule is Cc1cc(C(F)(F)F)nn1CC(=O)Nn1c(C2CCCCC2)nc2ccccc2c1=O. The number of carbonyl (C=O) groups excluding carboxylic acids is 1. The Morgan fingerprint density at radius 1 is 1.19 bits per heavy atom. The van der Waals surface area contributed by atoms with E-state index in [4.69, 9.17) is 0 Å². The Hall–Kier alpha value is -3.17. The number of nitrogens with one attached hydrogen (secondary N) is 1. The van der Waals surface area contributed by atoms with Crippen LogP contribution in [0.1, 0.15) is 55.2 Å². The Balaban J connectivity index is 1.67. The van der Waals surface area contributed by atoms with Crippen molar-refractivity contribution in [2.24, 2.45) is 0 Å². The number of amides is 1. The normalized spacial score (nSPS) is 15.4. The number of para-hydroxylation sites is 1. The number of aryl methyl sites for hydroxylation is 1. The smallest absolute Gasteiger partial charge is 0.271 e. The zero-order valence-corrected chi connectivity index (χ0v) is 16.9. The van der Waals surface area contributed by atoms with Gasteiger partial charge in [-0.1, -0.05) is 31.4 Å². The largest absolute Gasteiger partial charge is 0.435 e. The van der Waals surface area contributed by atoms with Crippen LogP contribution in [0.25, 0.3) is 10.9 Å². The fraction of sp³-hybridized carbons (Fsp3) is 0.429. The second-order valence-corrected chi connectivity index (χ2v) is 7.82. The molecule has 2 heterocycles. The Morgan fingerprint density at radius 2 is 1.90 bits per heavy atom. The minimum Gasteiger partial charge on any atom is -0.271 e. The Labute approximate surface area is 175 Å². The van der Waals surface area contributed by atoms with Crippen LogP contribution in [0.3, 0.4) is 0 Å². The maximum absolute atomic E-state index is 13.1. The summed E-state index contributed by atoms with van der Waals surface area (Å²) in [5.41, 5.74) is 1.82. The molecule has 0 aliphatic heterocycles. The van der Waals surface area contributed by atoms with Gasteiger partial charge in [-0.3, -0.25) is 19.7 Å². The summed E-state index contributed by atoms with van der Waals surface area (Å²) < 4.78 is 40.8. The van der Waals surface area contributed by atoms with Gasteiger partial charge in [0.25, 0.3) is 11.5 Å². The average molecular weight is 433 g/mol. The Morgan fingerprint density at radius 3 is 2.58 bits per heavy atom. The number of hydrogen-bond donors (Lipinski definition) is 1. The molecule has 4 rings (SSSR count). The molecule has 7 nitrogen and oxygen atoms in total. The van der Waals surface area contributed by atoms with Crippen molar-refractivity contribution in [2.45, 2.75) is 57.7 Å². The monoisotopic (exact) mass is 433 g/mol. The molecule has 3 aromatic rings. The fourth-order valence-corrected chi connectivity index (χ4v) is 4.00. The van der Waals surface area contributed by atoms with Crippen LogP contribution in [0.15, 0.2) is 35.1 Å². The lowest BCUT2D eigenvalue weighted by atomic mass is 9.88. The average Bonchev–Trinajstić information content (AvgIpc) is 3.11. The first kappa shape index (κ1) is 21.1. The number of carbonyl (C=O) groups is 1. The predicted octanol–water partition coefficient (Wildman–Crippen LogP) is 3.74. The molecular weight excluding hydrogens is 411 g/mol. The second kappa shape index (κ2) is 8.16. The van der Waals surface area contributed by atoms with Crippen LogP contribution in [0, 0.1) is 6.92 Å². The van der Waals surface area contributed by atoms with E-state index in [9.17, 15) is 22.8 Å². The van der Waals surface area contributed by atoms with Crippen molar-refractivity contribution < 1.29 is 18.0 Å². The van der Waals surface area contributed by atoms with Crippen molar-refractivity contribution in [3.05, 3.63) is 57.9 Å². The number of halogens is 3. The lowest BCUT2D eigenvalue weighted by Crippen LogP contribution is -2.39. The first-order valence-electron chi connectivity index (χ1n) is 10.2. The molecule has 0 spiro atoms. The molecule has 164 valence electrons. The maximum Gasteiger partial charge on any atom is 0.435 e. The van der Waals surface area contributed by atoms with Gasteiger partial charge in [0.1, 0.15) is 12.4 Å². The van der Waals surface area contributed by atoms with Gasteiger partial charge in [-0.2, -0.15) is 18.3 Å². The Bertz CT molecular complexity index is 1180. The number of benzene rings is 1. The third kappa shape index (κ3) is 4.33. The molecule has 1 aromatic carbocycles. The topological polar surface area (TPSA) is 81.8 Å². The third-order valence-corrected chi connectivity index (χ3v) is 5.57. The summed E-state index contributed by atoms with van der Waals surface area (Å²) in [5.74, 6) is -0.157. The minimum absolute atomic E-state index is 0.0228. The summed E-state index contributed by atoms with van der Waals surface area (Å²) in [6, 6.07) is 7.77. The highest BCUT2D eigenvalue weighted by molar-refractivity contribution is 5.84. The van der Waals surface area contributed by atoms with Crippen LogP contribution in [0.2, 0.25) is 0 Å². The van der Waals surface area contributed by atoms with Crippen molar-refractivity contribution in [1.82, 2.24) is 19.4 Å². The number of hydrogen-bond acceptors (Lipinski definition) is 4. The molecule has 10 heteroatoms. The molecule has 1 N–H and O–H groups in total. The molecule has 2 aromatic heterocycles. The summed E-state index contributed by atoms with van der Waals surface area (Å²) in [5, 5.41) is 3.83. The van der Waals surface area contributed by atoms with Gasteiger partial charge in [-0.25, -0.2) is 9.66 Å². The standard InChI is InChI=1S/C21H22F3N5O2/c1-13-11-17(21(22,23)24)26-28(13)12-18(30)27-29-19(14-7-3-2-4-8-14)25-16-10-6-5-9-15(16)20(29)31/h5-6,9-11,14H,2-4,7-8,12H2,1H3,(H,27,30). The van der Waals surface area contributed by atoms with Crippen LogP contribution in [-0.4, -0.2) is 25.3 Å². The number of alkyl halides is 3. The number of aromatic nitrogens is 4. The highest BCUT2D eigenvalue weighted by Gasteiger charge is 2.34. The van der Waals surface area contributed by atoms with Gasteiger partial charge >= 0.3 is 6.18 Å². The molecule has 1 fully saturated rings. The van der Waals surface area contributed by atoms with Gasteiger partial charge in [0.2, 0.25) is 0 Å². The van der Waals surface area contributed by atoms with Gasteiger partial charge in [-0.05, 0) is 38.0 Å². The number of rotatable bonds is 4. The molecule has 1 saturated carbocycles. The first-order chi connectivity index (χ1) is 14.7. The van der Waals surface area contributed by atoms with E-state index in [2.05, 4.69) is 15.5 Å². The van der Waals surface area contributed by atoms with E-state index in [1.54, 1.807) is 24.3 Å². The van der Waals surface area contributed by atoms with Crippen LogP contribution in [0.5, 0.6) is 0 Å². The van der Waals surface area contributed by atoms with Gasteiger partial charge in [0.15, 0.2) is 5.69 Å². The quantitative estimate of drug-likeness (QED) is 0.680. The van der Waals surface area contributed by atoms with Crippen molar-refractivity contribution in [3.8, 4) is 0 Å². The summed E-state index contributed by atoms with van der Waals surface area (Å²) in [4.78, 5) is 30.4. The van der Waals surface area contributed by atoms with E-state index >= 15 is 0 Å². The molecule has 0 radical (unpaired) electrons. The molecule has 0 unspecified atom stereocenters. The van der Waals surface area contributed by atoms with Gasteiger partial charge < -0.3 is 0 Å². The van der Waals surface area contributed by atoms with Crippen LogP contribution < -0.4 is 11.0 Å². The lowest BCUT2D eigenvalue weighted by Gasteiger charge is -2.24. The summed E-state index contributed by atoms with van der Waals surface area (Å²) in [6.45, 7) is 0.984. The van der Waals surface area contributed by atoms with Crippen LogP contribution in [-0.2, 0) is 17.5 Å². The van der Waals surface area contributed by atoms with Gasteiger partial charge in [0.05, 0.1) is 10.9 Å². The zero-order valence-electron chi connectivity index (χ0n) is 16.9. The Kier molecular flexibility index (Phi) is 5.55. The predicted molar refractivity (Wildman–Crippen MR) is 108 cm³/mol. The number of nitrogens with zero attached hydrogens (tertiary/aromatic N) is 4. The zero-order chi connectivity index (χ0) is 22.2. The molecule has 1 amide bonds. The molecule has 0 atom stereocenters. The molecule has 1 aliphatic carbocycles. The van der Waals surface area contributed by atoms with E-state index in [0.29, 0.717) is 16.7 Å². The van der Waals surface area contributed by atoms with E-state index in [0.717, 1.165) is 47.5 Å². The third-order valence-electron chi connectivity index (χ3n) is 5.57. The minimum atomic E-state index is -4.60. The highest BCUT2D eigenvalue weighted by Crippen LogP contribution is 2.31. The van der Waals surface area contributed by atoms with E-state index in [1.807, 2.05) is 0 Å². The van der Waals surface area contributed by atoms with E-state index in [-0.39, 0.29) is 11.6 Å². The number of fused-ring (bicyclic) bond motifs is 1.